The van der Waals surface area contributed by atoms with Gasteiger partial charge in [-0.1, -0.05) is 11.8 Å². The van der Waals surface area contributed by atoms with Crippen LogP contribution in [-0.4, -0.2) is 31.3 Å². The van der Waals surface area contributed by atoms with Crippen molar-refractivity contribution < 1.29 is 19.4 Å². The SMILES string of the molecule is O=C(CSc1nc2sc3c(c2c(=O)n1Cc1ccco1)CCCC3)c1ccc(O)c(O)c1. The fraction of sp³-hybridized carbons (Fsp3) is 0.261. The van der Waals surface area contributed by atoms with Gasteiger partial charge in [0.1, 0.15) is 10.6 Å². The molecule has 3 aromatic heterocycles. The summed E-state index contributed by atoms with van der Waals surface area (Å²) in [4.78, 5) is 32.9. The minimum Gasteiger partial charge on any atom is -0.504 e. The number of hydrogen-bond acceptors (Lipinski definition) is 8. The van der Waals surface area contributed by atoms with E-state index in [1.54, 1.807) is 34.3 Å². The van der Waals surface area contributed by atoms with Gasteiger partial charge in [0.2, 0.25) is 0 Å². The number of thiophene rings is 1. The first-order valence-electron chi connectivity index (χ1n) is 10.3. The predicted octanol–water partition coefficient (Wildman–Crippen LogP) is 4.36. The van der Waals surface area contributed by atoms with E-state index in [2.05, 4.69) is 0 Å². The lowest BCUT2D eigenvalue weighted by molar-refractivity contribution is 0.102. The number of ketones is 1. The third-order valence-corrected chi connectivity index (χ3v) is 7.73. The molecule has 164 valence electrons. The number of Topliss-reactive ketones (excluding diaryl/α,β-unsaturated/α-hetero) is 1. The highest BCUT2D eigenvalue weighted by Gasteiger charge is 2.23. The predicted molar refractivity (Wildman–Crippen MR) is 123 cm³/mol. The Morgan fingerprint density at radius 2 is 2.03 bits per heavy atom. The zero-order valence-corrected chi connectivity index (χ0v) is 18.7. The lowest BCUT2D eigenvalue weighted by Crippen LogP contribution is -2.24. The number of aromatic hydroxyl groups is 2. The Morgan fingerprint density at radius 1 is 1.19 bits per heavy atom. The Morgan fingerprint density at radius 3 is 2.81 bits per heavy atom. The van der Waals surface area contributed by atoms with Crippen LogP contribution in [0.4, 0.5) is 0 Å². The first-order valence-corrected chi connectivity index (χ1v) is 12.1. The Labute approximate surface area is 191 Å². The molecular weight excluding hydrogens is 448 g/mol. The van der Waals surface area contributed by atoms with E-state index in [0.717, 1.165) is 36.1 Å². The van der Waals surface area contributed by atoms with Crippen molar-refractivity contribution in [1.82, 2.24) is 9.55 Å². The van der Waals surface area contributed by atoms with Crippen molar-refractivity contribution in [3.05, 3.63) is 68.7 Å². The average Bonchev–Trinajstić information content (AvgIpc) is 3.43. The van der Waals surface area contributed by atoms with Gasteiger partial charge >= 0.3 is 0 Å². The van der Waals surface area contributed by atoms with E-state index in [1.807, 2.05) is 0 Å². The molecule has 5 rings (SSSR count). The number of phenols is 2. The quantitative estimate of drug-likeness (QED) is 0.187. The molecule has 0 saturated heterocycles. The third kappa shape index (κ3) is 3.82. The van der Waals surface area contributed by atoms with Gasteiger partial charge in [-0.15, -0.1) is 11.3 Å². The van der Waals surface area contributed by atoms with E-state index in [0.29, 0.717) is 16.3 Å². The molecule has 0 fully saturated rings. The first kappa shape index (κ1) is 20.8. The number of aryl methyl sites for hydroxylation is 2. The molecule has 4 aromatic rings. The summed E-state index contributed by atoms with van der Waals surface area (Å²) in [6, 6.07) is 7.54. The molecule has 0 atom stereocenters. The van der Waals surface area contributed by atoms with Crippen molar-refractivity contribution in [2.45, 2.75) is 37.4 Å². The lowest BCUT2D eigenvalue weighted by Gasteiger charge is -2.12. The number of phenolic OH excluding ortho intramolecular Hbond substituents is 2. The number of carbonyl (C=O) groups is 1. The second-order valence-electron chi connectivity index (χ2n) is 7.67. The molecule has 7 nitrogen and oxygen atoms in total. The van der Waals surface area contributed by atoms with Gasteiger partial charge in [0.15, 0.2) is 22.4 Å². The second-order valence-corrected chi connectivity index (χ2v) is 9.70. The standard InChI is InChI=1S/C23H20N2O5S2/c26-16-8-7-13(10-17(16)27)18(28)12-31-23-24-21-20(15-5-1-2-6-19(15)32-21)22(29)25(23)11-14-4-3-9-30-14/h3-4,7-10,26-27H,1-2,5-6,11-12H2. The summed E-state index contributed by atoms with van der Waals surface area (Å²) in [6.07, 6.45) is 5.62. The number of carbonyl (C=O) groups excluding carboxylic acids is 1. The number of hydrogen-bond donors (Lipinski definition) is 2. The van der Waals surface area contributed by atoms with E-state index in [4.69, 9.17) is 9.40 Å². The Bertz CT molecular complexity index is 1370. The minimum absolute atomic E-state index is 0.0331. The molecule has 0 saturated carbocycles. The Balaban J connectivity index is 1.52. The van der Waals surface area contributed by atoms with Crippen molar-refractivity contribution in [1.29, 1.82) is 0 Å². The molecule has 1 aliphatic rings. The monoisotopic (exact) mass is 468 g/mol. The minimum atomic E-state index is -0.348. The van der Waals surface area contributed by atoms with Crippen LogP contribution in [0.15, 0.2) is 51.0 Å². The number of thioether (sulfide) groups is 1. The van der Waals surface area contributed by atoms with E-state index < -0.39 is 0 Å². The van der Waals surface area contributed by atoms with Crippen molar-refractivity contribution >= 4 is 39.1 Å². The summed E-state index contributed by atoms with van der Waals surface area (Å²) in [5.74, 6) is -0.205. The maximum atomic E-state index is 13.5. The highest BCUT2D eigenvalue weighted by atomic mass is 32.2. The van der Waals surface area contributed by atoms with Crippen molar-refractivity contribution in [2.75, 3.05) is 5.75 Å². The lowest BCUT2D eigenvalue weighted by atomic mass is 9.97. The normalized spacial score (nSPS) is 13.4. The molecule has 0 aliphatic heterocycles. The molecule has 1 aromatic carbocycles. The Hall–Kier alpha value is -3.04. The van der Waals surface area contributed by atoms with E-state index in [-0.39, 0.29) is 40.7 Å². The molecule has 1 aliphatic carbocycles. The van der Waals surface area contributed by atoms with Gasteiger partial charge in [0.25, 0.3) is 5.56 Å². The zero-order valence-electron chi connectivity index (χ0n) is 17.0. The van der Waals surface area contributed by atoms with Crippen LogP contribution in [0, 0.1) is 0 Å². The van der Waals surface area contributed by atoms with Crippen LogP contribution in [0.2, 0.25) is 0 Å². The van der Waals surface area contributed by atoms with Crippen LogP contribution in [0.5, 0.6) is 11.5 Å². The Kier molecular flexibility index (Phi) is 5.52. The molecular formula is C23H20N2O5S2. The first-order chi connectivity index (χ1) is 15.5. The summed E-state index contributed by atoms with van der Waals surface area (Å²) < 4.78 is 7.04. The smallest absolute Gasteiger partial charge is 0.263 e. The number of furan rings is 1. The number of aromatic nitrogens is 2. The van der Waals surface area contributed by atoms with Crippen molar-refractivity contribution in [3.8, 4) is 11.5 Å². The molecule has 9 heteroatoms. The van der Waals surface area contributed by atoms with Crippen molar-refractivity contribution in [3.63, 3.8) is 0 Å². The topological polar surface area (TPSA) is 106 Å². The molecule has 0 bridgehead atoms. The van der Waals surface area contributed by atoms with Crippen LogP contribution >= 0.6 is 23.1 Å². The average molecular weight is 469 g/mol. The summed E-state index contributed by atoms with van der Waals surface area (Å²) in [5.41, 5.74) is 1.29. The summed E-state index contributed by atoms with van der Waals surface area (Å²) >= 11 is 2.75. The maximum Gasteiger partial charge on any atom is 0.263 e. The number of fused-ring (bicyclic) bond motifs is 3. The van der Waals surface area contributed by atoms with Gasteiger partial charge in [-0.3, -0.25) is 14.2 Å². The van der Waals surface area contributed by atoms with Gasteiger partial charge in [-0.2, -0.15) is 0 Å². The zero-order chi connectivity index (χ0) is 22.2. The number of rotatable bonds is 6. The molecule has 0 spiro atoms. The van der Waals surface area contributed by atoms with E-state index in [1.165, 1.54) is 34.8 Å². The summed E-state index contributed by atoms with van der Waals surface area (Å²) in [7, 11) is 0. The van der Waals surface area contributed by atoms with Gasteiger partial charge < -0.3 is 14.6 Å². The highest BCUT2D eigenvalue weighted by Crippen LogP contribution is 2.35. The van der Waals surface area contributed by atoms with Gasteiger partial charge in [-0.05, 0) is 61.6 Å². The van der Waals surface area contributed by atoms with Crippen LogP contribution < -0.4 is 5.56 Å². The fourth-order valence-electron chi connectivity index (χ4n) is 3.94. The molecule has 32 heavy (non-hydrogen) atoms. The molecule has 0 radical (unpaired) electrons. The molecule has 0 amide bonds. The fourth-order valence-corrected chi connectivity index (χ4v) is 6.13. The van der Waals surface area contributed by atoms with Crippen LogP contribution in [0.25, 0.3) is 10.2 Å². The highest BCUT2D eigenvalue weighted by molar-refractivity contribution is 7.99. The van der Waals surface area contributed by atoms with Crippen molar-refractivity contribution in [2.24, 2.45) is 0 Å². The number of benzene rings is 1. The van der Waals surface area contributed by atoms with Crippen LogP contribution in [0.1, 0.15) is 39.4 Å². The molecule has 2 N–H and O–H groups in total. The van der Waals surface area contributed by atoms with Gasteiger partial charge in [0.05, 0.1) is 23.9 Å². The molecule has 3 heterocycles. The van der Waals surface area contributed by atoms with Crippen LogP contribution in [-0.2, 0) is 19.4 Å². The summed E-state index contributed by atoms with van der Waals surface area (Å²) in [6.45, 7) is 0.232. The number of nitrogens with zero attached hydrogens (tertiary/aromatic N) is 2. The third-order valence-electron chi connectivity index (χ3n) is 5.56. The van der Waals surface area contributed by atoms with Gasteiger partial charge in [-0.25, -0.2) is 4.98 Å². The van der Waals surface area contributed by atoms with Gasteiger partial charge in [0, 0.05) is 10.4 Å². The second kappa shape index (κ2) is 8.48. The van der Waals surface area contributed by atoms with E-state index in [9.17, 15) is 19.8 Å². The summed E-state index contributed by atoms with van der Waals surface area (Å²) in [5, 5.41) is 20.3. The maximum absolute atomic E-state index is 13.5. The molecule has 0 unspecified atom stereocenters. The van der Waals surface area contributed by atoms with Crippen LogP contribution in [0.3, 0.4) is 0 Å². The largest absolute Gasteiger partial charge is 0.504 e. The van der Waals surface area contributed by atoms with E-state index >= 15 is 0 Å².